The zero-order chi connectivity index (χ0) is 25.1. The van der Waals surface area contributed by atoms with Crippen LogP contribution in [0, 0.1) is 0 Å². The predicted octanol–water partition coefficient (Wildman–Crippen LogP) is 2.79. The first-order valence-electron chi connectivity index (χ1n) is 11.0. The Balaban J connectivity index is 1.39. The minimum absolute atomic E-state index is 0.109. The Kier molecular flexibility index (Phi) is 9.22. The highest BCUT2D eigenvalue weighted by molar-refractivity contribution is 7.89. The summed E-state index contributed by atoms with van der Waals surface area (Å²) < 4.78 is 37.7. The van der Waals surface area contributed by atoms with E-state index in [1.165, 1.54) is 12.1 Å². The summed E-state index contributed by atoms with van der Waals surface area (Å²) in [6.07, 6.45) is -0.145. The van der Waals surface area contributed by atoms with Crippen LogP contribution in [0.15, 0.2) is 83.8 Å². The highest BCUT2D eigenvalue weighted by Gasteiger charge is 2.14. The van der Waals surface area contributed by atoms with Crippen LogP contribution in [0.5, 0.6) is 11.5 Å². The molecule has 184 valence electrons. The van der Waals surface area contributed by atoms with Gasteiger partial charge < -0.3 is 9.47 Å². The van der Waals surface area contributed by atoms with Crippen molar-refractivity contribution in [3.8, 4) is 11.5 Å². The molecule has 0 saturated carbocycles. The number of benzene rings is 3. The monoisotopic (exact) mass is 497 g/mol. The second kappa shape index (κ2) is 12.5. The Morgan fingerprint density at radius 3 is 2.06 bits per heavy atom. The normalized spacial score (nSPS) is 10.9. The van der Waals surface area contributed by atoms with E-state index < -0.39 is 21.8 Å². The van der Waals surface area contributed by atoms with Gasteiger partial charge in [0.25, 0.3) is 5.91 Å². The molecule has 0 unspecified atom stereocenters. The molecule has 3 N–H and O–H groups in total. The molecule has 3 aromatic carbocycles. The summed E-state index contributed by atoms with van der Waals surface area (Å²) in [6, 6.07) is 21.9. The van der Waals surface area contributed by atoms with Crippen LogP contribution in [0.25, 0.3) is 0 Å². The van der Waals surface area contributed by atoms with Crippen LogP contribution in [0.1, 0.15) is 29.3 Å². The van der Waals surface area contributed by atoms with Crippen molar-refractivity contribution in [3.05, 3.63) is 90.0 Å². The van der Waals surface area contributed by atoms with Gasteiger partial charge in [-0.3, -0.25) is 20.4 Å². The van der Waals surface area contributed by atoms with Crippen LogP contribution in [0.2, 0.25) is 0 Å². The van der Waals surface area contributed by atoms with E-state index >= 15 is 0 Å². The van der Waals surface area contributed by atoms with Gasteiger partial charge >= 0.3 is 0 Å². The summed E-state index contributed by atoms with van der Waals surface area (Å²) in [4.78, 5) is 24.3. The highest BCUT2D eigenvalue weighted by Crippen LogP contribution is 2.18. The van der Waals surface area contributed by atoms with Crippen molar-refractivity contribution in [1.82, 2.24) is 15.6 Å². The number of carbonyl (C=O) groups is 2. The quantitative estimate of drug-likeness (QED) is 0.350. The molecule has 0 aromatic heterocycles. The van der Waals surface area contributed by atoms with Crippen LogP contribution in [0.4, 0.5) is 0 Å². The van der Waals surface area contributed by atoms with Crippen molar-refractivity contribution >= 4 is 21.8 Å². The van der Waals surface area contributed by atoms with Gasteiger partial charge in [0.05, 0.1) is 11.5 Å². The van der Waals surface area contributed by atoms with Gasteiger partial charge in [0.2, 0.25) is 15.9 Å². The molecule has 0 saturated heterocycles. The molecule has 0 fully saturated rings. The Morgan fingerprint density at radius 1 is 0.800 bits per heavy atom. The molecule has 0 heterocycles. The number of nitrogens with one attached hydrogen (secondary N) is 3. The molecule has 3 rings (SSSR count). The number of ether oxygens (including phenoxy) is 2. The van der Waals surface area contributed by atoms with Crippen molar-refractivity contribution in [1.29, 1.82) is 0 Å². The van der Waals surface area contributed by atoms with E-state index in [2.05, 4.69) is 15.6 Å². The van der Waals surface area contributed by atoms with Gasteiger partial charge in [0, 0.05) is 18.5 Å². The Labute approximate surface area is 204 Å². The third kappa shape index (κ3) is 8.13. The molecule has 0 spiro atoms. The van der Waals surface area contributed by atoms with Crippen LogP contribution in [-0.2, 0) is 21.4 Å². The lowest BCUT2D eigenvalue weighted by atomic mass is 10.1. The molecule has 0 aliphatic rings. The maximum Gasteiger partial charge on any atom is 0.269 e. The van der Waals surface area contributed by atoms with Crippen molar-refractivity contribution in [2.75, 3.05) is 13.2 Å². The van der Waals surface area contributed by atoms with E-state index in [-0.39, 0.29) is 17.9 Å². The second-order valence-electron chi connectivity index (χ2n) is 7.35. The molecule has 0 aliphatic carbocycles. The first-order valence-corrected chi connectivity index (χ1v) is 12.4. The minimum Gasteiger partial charge on any atom is -0.494 e. The average molecular weight is 498 g/mol. The Morgan fingerprint density at radius 2 is 1.43 bits per heavy atom. The van der Waals surface area contributed by atoms with Crippen molar-refractivity contribution < 1.29 is 27.5 Å². The first-order chi connectivity index (χ1) is 16.9. The van der Waals surface area contributed by atoms with E-state index in [1.54, 1.807) is 42.5 Å². The first kappa shape index (κ1) is 25.7. The number of hydrogen-bond acceptors (Lipinski definition) is 6. The van der Waals surface area contributed by atoms with E-state index in [9.17, 15) is 18.0 Å². The van der Waals surface area contributed by atoms with Gasteiger partial charge in [-0.25, -0.2) is 13.1 Å². The Hall–Kier alpha value is -3.89. The molecule has 0 radical (unpaired) electrons. The topological polar surface area (TPSA) is 123 Å². The van der Waals surface area contributed by atoms with Gasteiger partial charge in [0.1, 0.15) is 18.1 Å². The number of hydrazine groups is 1. The molecule has 35 heavy (non-hydrogen) atoms. The van der Waals surface area contributed by atoms with Crippen molar-refractivity contribution in [2.45, 2.75) is 24.8 Å². The van der Waals surface area contributed by atoms with Crippen molar-refractivity contribution in [2.24, 2.45) is 0 Å². The third-order valence-electron chi connectivity index (χ3n) is 4.77. The van der Waals surface area contributed by atoms with Crippen molar-refractivity contribution in [3.63, 3.8) is 0 Å². The summed E-state index contributed by atoms with van der Waals surface area (Å²) >= 11 is 0. The number of amides is 2. The number of hydrogen-bond donors (Lipinski definition) is 3. The van der Waals surface area contributed by atoms with Crippen LogP contribution < -0.4 is 25.0 Å². The summed E-state index contributed by atoms with van der Waals surface area (Å²) in [5, 5.41) is 0. The van der Waals surface area contributed by atoms with E-state index in [4.69, 9.17) is 9.47 Å². The zero-order valence-corrected chi connectivity index (χ0v) is 20.0. The second-order valence-corrected chi connectivity index (χ2v) is 9.12. The molecule has 0 atom stereocenters. The SMILES string of the molecule is CCOc1ccc(OCc2ccc(C(=O)NNC(=O)CCNS(=O)(=O)c3ccccc3)cc2)cc1. The lowest BCUT2D eigenvalue weighted by Crippen LogP contribution is -2.42. The molecule has 10 heteroatoms. The fourth-order valence-corrected chi connectivity index (χ4v) is 4.01. The summed E-state index contributed by atoms with van der Waals surface area (Å²) in [7, 11) is -3.69. The molecule has 0 aliphatic heterocycles. The Bertz CT molecular complexity index is 1210. The van der Waals surface area contributed by atoms with E-state index in [0.717, 1.165) is 11.3 Å². The molecule has 0 bridgehead atoms. The fourth-order valence-electron chi connectivity index (χ4n) is 2.96. The van der Waals surface area contributed by atoms with Gasteiger partial charge in [0.15, 0.2) is 0 Å². The molecule has 2 amide bonds. The number of carbonyl (C=O) groups excluding carboxylic acids is 2. The van der Waals surface area contributed by atoms with Gasteiger partial charge in [-0.15, -0.1) is 0 Å². The highest BCUT2D eigenvalue weighted by atomic mass is 32.2. The van der Waals surface area contributed by atoms with Crippen LogP contribution in [-0.4, -0.2) is 33.4 Å². The molecular formula is C25H27N3O6S. The van der Waals surface area contributed by atoms with Gasteiger partial charge in [-0.05, 0) is 61.0 Å². The van der Waals surface area contributed by atoms with E-state index in [0.29, 0.717) is 24.5 Å². The zero-order valence-electron chi connectivity index (χ0n) is 19.2. The lowest BCUT2D eigenvalue weighted by molar-refractivity contribution is -0.121. The lowest BCUT2D eigenvalue weighted by Gasteiger charge is -2.10. The minimum atomic E-state index is -3.69. The molecule has 9 nitrogen and oxygen atoms in total. The largest absolute Gasteiger partial charge is 0.494 e. The predicted molar refractivity (Wildman–Crippen MR) is 130 cm³/mol. The standard InChI is InChI=1S/C25H27N3O6S/c1-2-33-21-12-14-22(15-13-21)34-18-19-8-10-20(11-9-19)25(30)28-27-24(29)16-17-26-35(31,32)23-6-4-3-5-7-23/h3-15,26H,2,16-18H2,1H3,(H,27,29)(H,28,30). The number of rotatable bonds is 11. The van der Waals surface area contributed by atoms with Gasteiger partial charge in [-0.1, -0.05) is 30.3 Å². The van der Waals surface area contributed by atoms with Gasteiger partial charge in [-0.2, -0.15) is 0 Å². The summed E-state index contributed by atoms with van der Waals surface area (Å²) in [5.41, 5.74) is 5.80. The summed E-state index contributed by atoms with van der Waals surface area (Å²) in [6.45, 7) is 2.73. The van der Waals surface area contributed by atoms with E-state index in [1.807, 2.05) is 31.2 Å². The maximum absolute atomic E-state index is 12.3. The number of sulfonamides is 1. The van der Waals surface area contributed by atoms with Crippen LogP contribution >= 0.6 is 0 Å². The maximum atomic E-state index is 12.3. The molecule has 3 aromatic rings. The summed E-state index contributed by atoms with van der Waals surface area (Å²) in [5.74, 6) is 0.441. The fraction of sp³-hybridized carbons (Fsp3) is 0.200. The molecular weight excluding hydrogens is 470 g/mol. The average Bonchev–Trinajstić information content (AvgIpc) is 2.88. The smallest absolute Gasteiger partial charge is 0.269 e. The third-order valence-corrected chi connectivity index (χ3v) is 6.25. The van der Waals surface area contributed by atoms with Crippen LogP contribution in [0.3, 0.4) is 0 Å².